The molecular weight excluding hydrogens is 258 g/mol. The van der Waals surface area contributed by atoms with Crippen LogP contribution in [0.25, 0.3) is 0 Å². The zero-order valence-corrected chi connectivity index (χ0v) is 10.2. The average Bonchev–Trinajstić information content (AvgIpc) is 1.98. The van der Waals surface area contributed by atoms with Crippen molar-refractivity contribution in [2.45, 2.75) is 18.4 Å². The van der Waals surface area contributed by atoms with Gasteiger partial charge in [0.05, 0.1) is 12.8 Å². The summed E-state index contributed by atoms with van der Waals surface area (Å²) in [4.78, 5) is 38.8. The maximum atomic E-state index is 10.3. The minimum absolute atomic E-state index is 0. The molecule has 0 atom stereocenters. The van der Waals surface area contributed by atoms with Crippen LogP contribution in [-0.2, 0) is 14.4 Å². The molecule has 0 aromatic heterocycles. The molecule has 98 valence electrons. The molecule has 0 saturated carbocycles. The molecule has 0 spiro atoms. The molecule has 0 bridgehead atoms. The van der Waals surface area contributed by atoms with Gasteiger partial charge in [-0.25, -0.2) is 4.79 Å². The molecule has 4 N–H and O–H groups in total. The minimum Gasteiger partial charge on any atom is -0.652 e. The van der Waals surface area contributed by atoms with Gasteiger partial charge in [0.2, 0.25) is 0 Å². The summed E-state index contributed by atoms with van der Waals surface area (Å²) in [6, 6.07) is 0. The summed E-state index contributed by atoms with van der Waals surface area (Å²) < 4.78 is 0. The van der Waals surface area contributed by atoms with E-state index in [9.17, 15) is 14.4 Å². The van der Waals surface area contributed by atoms with Gasteiger partial charge in [0.25, 0.3) is 0 Å². The first-order chi connectivity index (χ1) is 7.51. The average molecular weight is 266 g/mol. The van der Waals surface area contributed by atoms with E-state index in [0.29, 0.717) is 0 Å². The van der Waals surface area contributed by atoms with E-state index in [0.717, 1.165) is 0 Å². The molecule has 0 aromatic carbocycles. The summed E-state index contributed by atoms with van der Waals surface area (Å²) in [5, 5.41) is 50.5. The van der Waals surface area contributed by atoms with Crippen molar-refractivity contribution in [1.29, 1.82) is 0 Å². The molecular formula is C7H8Li2O10. The van der Waals surface area contributed by atoms with E-state index in [1.807, 2.05) is 0 Å². The van der Waals surface area contributed by atoms with Crippen molar-refractivity contribution in [1.82, 2.24) is 0 Å². The predicted octanol–water partition coefficient (Wildman–Crippen LogP) is -9.69. The second-order valence-electron chi connectivity index (χ2n) is 2.73. The molecule has 0 aliphatic rings. The zero-order chi connectivity index (χ0) is 14.2. The van der Waals surface area contributed by atoms with Crippen molar-refractivity contribution in [2.24, 2.45) is 0 Å². The van der Waals surface area contributed by atoms with Crippen molar-refractivity contribution in [2.75, 3.05) is 0 Å². The fraction of sp³-hybridized carbons (Fsp3) is 0.429. The van der Waals surface area contributed by atoms with Crippen LogP contribution in [-0.4, -0.2) is 50.1 Å². The molecule has 0 aliphatic carbocycles. The molecule has 12 heteroatoms. The summed E-state index contributed by atoms with van der Waals surface area (Å²) in [5.41, 5.74) is -2.74. The largest absolute Gasteiger partial charge is 1.00 e. The summed E-state index contributed by atoms with van der Waals surface area (Å²) in [7, 11) is 0. The minimum atomic E-state index is -2.74. The van der Waals surface area contributed by atoms with Crippen molar-refractivity contribution in [3.05, 3.63) is 0 Å². The van der Waals surface area contributed by atoms with Gasteiger partial charge in [-0.2, -0.15) is 0 Å². The SMILES string of the molecule is O=C(O)CC(O)(CC(=O)O)C(=O)O.O=C([O-])[O-].[Li+].[Li+]. The van der Waals surface area contributed by atoms with Gasteiger partial charge >= 0.3 is 55.6 Å². The fourth-order valence-corrected chi connectivity index (χ4v) is 0.714. The Morgan fingerprint density at radius 1 is 0.842 bits per heavy atom. The molecule has 0 radical (unpaired) electrons. The third-order valence-corrected chi connectivity index (χ3v) is 1.29. The Morgan fingerprint density at radius 3 is 1.16 bits per heavy atom. The van der Waals surface area contributed by atoms with Crippen LogP contribution in [0.1, 0.15) is 12.8 Å². The molecule has 0 fully saturated rings. The van der Waals surface area contributed by atoms with Gasteiger partial charge in [-0.15, -0.1) is 0 Å². The van der Waals surface area contributed by atoms with E-state index in [1.165, 1.54) is 0 Å². The predicted molar refractivity (Wildman–Crippen MR) is 42.5 cm³/mol. The first-order valence-corrected chi connectivity index (χ1v) is 3.78. The molecule has 0 unspecified atom stereocenters. The number of carboxylic acid groups (broad SMARTS) is 5. The second-order valence-corrected chi connectivity index (χ2v) is 2.73. The molecule has 0 saturated heterocycles. The van der Waals surface area contributed by atoms with Crippen LogP contribution >= 0.6 is 0 Å². The third-order valence-electron chi connectivity index (χ3n) is 1.29. The molecule has 10 nitrogen and oxygen atoms in total. The van der Waals surface area contributed by atoms with Crippen molar-refractivity contribution in [3.8, 4) is 0 Å². The summed E-state index contributed by atoms with van der Waals surface area (Å²) in [6.07, 6.45) is -4.62. The molecule has 0 aromatic rings. The van der Waals surface area contributed by atoms with Crippen molar-refractivity contribution < 1.29 is 87.5 Å². The summed E-state index contributed by atoms with van der Waals surface area (Å²) >= 11 is 0. The van der Waals surface area contributed by atoms with E-state index in [1.54, 1.807) is 0 Å². The molecule has 0 amide bonds. The van der Waals surface area contributed by atoms with Crippen LogP contribution in [0, 0.1) is 0 Å². The van der Waals surface area contributed by atoms with Crippen LogP contribution in [0.15, 0.2) is 0 Å². The van der Waals surface area contributed by atoms with Crippen LogP contribution < -0.4 is 47.9 Å². The normalized spacial score (nSPS) is 8.68. The van der Waals surface area contributed by atoms with Gasteiger partial charge < -0.3 is 35.4 Å². The maximum Gasteiger partial charge on any atom is 1.00 e. The number of carboxylic acids is 3. The number of carbonyl (C=O) groups excluding carboxylic acids is 1. The van der Waals surface area contributed by atoms with E-state index >= 15 is 0 Å². The van der Waals surface area contributed by atoms with E-state index in [-0.39, 0.29) is 37.7 Å². The maximum absolute atomic E-state index is 10.3. The Morgan fingerprint density at radius 2 is 1.05 bits per heavy atom. The first-order valence-electron chi connectivity index (χ1n) is 3.78. The molecule has 0 rings (SSSR count). The Bertz CT molecular complexity index is 308. The van der Waals surface area contributed by atoms with Gasteiger partial charge in [0, 0.05) is 0 Å². The quantitative estimate of drug-likeness (QED) is 0.346. The van der Waals surface area contributed by atoms with Gasteiger partial charge in [0.15, 0.2) is 5.60 Å². The van der Waals surface area contributed by atoms with Gasteiger partial charge in [-0.05, 0) is 6.16 Å². The van der Waals surface area contributed by atoms with Crippen LogP contribution in [0.5, 0.6) is 0 Å². The Hall–Kier alpha value is -1.17. The monoisotopic (exact) mass is 266 g/mol. The van der Waals surface area contributed by atoms with Crippen molar-refractivity contribution >= 4 is 24.1 Å². The van der Waals surface area contributed by atoms with E-state index in [2.05, 4.69) is 0 Å². The topological polar surface area (TPSA) is 195 Å². The second kappa shape index (κ2) is 11.9. The smallest absolute Gasteiger partial charge is 0.652 e. The number of hydrogen-bond acceptors (Lipinski definition) is 7. The Labute approximate surface area is 130 Å². The number of aliphatic carboxylic acids is 3. The van der Waals surface area contributed by atoms with Gasteiger partial charge in [-0.1, -0.05) is 0 Å². The summed E-state index contributed by atoms with van der Waals surface area (Å²) in [6.45, 7) is 0. The third kappa shape index (κ3) is 16.8. The van der Waals surface area contributed by atoms with Crippen molar-refractivity contribution in [3.63, 3.8) is 0 Å². The Balaban J connectivity index is -0.000000165. The molecule has 0 aliphatic heterocycles. The zero-order valence-electron chi connectivity index (χ0n) is 10.2. The van der Waals surface area contributed by atoms with Gasteiger partial charge in [-0.3, -0.25) is 9.59 Å². The number of rotatable bonds is 5. The number of carbonyl (C=O) groups is 4. The van der Waals surface area contributed by atoms with E-state index in [4.69, 9.17) is 35.4 Å². The first kappa shape index (κ1) is 26.4. The van der Waals surface area contributed by atoms with Crippen LogP contribution in [0.4, 0.5) is 4.79 Å². The summed E-state index contributed by atoms with van der Waals surface area (Å²) in [5.74, 6) is -5.02. The van der Waals surface area contributed by atoms with Crippen LogP contribution in [0.2, 0.25) is 0 Å². The van der Waals surface area contributed by atoms with Crippen LogP contribution in [0.3, 0.4) is 0 Å². The van der Waals surface area contributed by atoms with Gasteiger partial charge in [0.1, 0.15) is 0 Å². The number of hydrogen-bond donors (Lipinski definition) is 4. The number of aliphatic hydroxyl groups is 1. The standard InChI is InChI=1S/C6H8O7.CH2O3.2Li/c7-3(8)1-6(13,5(11)12)2-4(9)10;2-1(3)4;;/h13H,1-2H2,(H,7,8)(H,9,10)(H,11,12);(H2,2,3,4);;/q;;2*+1/p-2. The molecule has 19 heavy (non-hydrogen) atoms. The van der Waals surface area contributed by atoms with E-state index < -0.39 is 42.5 Å². The fourth-order valence-electron chi connectivity index (χ4n) is 0.714. The molecule has 0 heterocycles. The Kier molecular flexibility index (Phi) is 16.5.